The molecule has 1 saturated heterocycles. The summed E-state index contributed by atoms with van der Waals surface area (Å²) in [7, 11) is 0. The molecule has 0 bridgehead atoms. The van der Waals surface area contributed by atoms with Crippen LogP contribution in [0.4, 0.5) is 0 Å². The largest absolute Gasteiger partial charge is 0.376 e. The predicted molar refractivity (Wildman–Crippen MR) is 109 cm³/mol. The maximum absolute atomic E-state index is 12.4. The maximum Gasteiger partial charge on any atom is 0.280 e. The molecule has 0 radical (unpaired) electrons. The van der Waals surface area contributed by atoms with Crippen LogP contribution in [0.25, 0.3) is 6.08 Å². The third kappa shape index (κ3) is 4.92. The van der Waals surface area contributed by atoms with Crippen molar-refractivity contribution in [3.63, 3.8) is 0 Å². The van der Waals surface area contributed by atoms with E-state index < -0.39 is 11.8 Å². The summed E-state index contributed by atoms with van der Waals surface area (Å²) in [5.41, 5.74) is 7.74. The number of ether oxygens (including phenoxy) is 1. The van der Waals surface area contributed by atoms with Gasteiger partial charge in [0.25, 0.3) is 11.8 Å². The quantitative estimate of drug-likeness (QED) is 0.464. The van der Waals surface area contributed by atoms with Crippen molar-refractivity contribution in [2.45, 2.75) is 39.3 Å². The zero-order valence-electron chi connectivity index (χ0n) is 16.6. The molecule has 2 amide bonds. The van der Waals surface area contributed by atoms with Crippen molar-refractivity contribution in [2.75, 3.05) is 6.61 Å². The molecule has 3 rings (SSSR count). The zero-order valence-corrected chi connectivity index (χ0v) is 16.6. The molecular formula is C22H24N4O3. The lowest BCUT2D eigenvalue weighted by Crippen LogP contribution is -2.42. The van der Waals surface area contributed by atoms with Crippen molar-refractivity contribution in [1.29, 1.82) is 5.26 Å². The van der Waals surface area contributed by atoms with E-state index >= 15 is 0 Å². The fraction of sp³-hybridized carbons (Fsp3) is 0.318. The van der Waals surface area contributed by atoms with Crippen LogP contribution >= 0.6 is 0 Å². The third-order valence-electron chi connectivity index (χ3n) is 5.01. The number of carbonyl (C=O) groups is 2. The second-order valence-corrected chi connectivity index (χ2v) is 7.02. The highest BCUT2D eigenvalue weighted by Crippen LogP contribution is 2.22. The number of nitrogens with one attached hydrogen (secondary N) is 2. The summed E-state index contributed by atoms with van der Waals surface area (Å²) < 4.78 is 7.86. The van der Waals surface area contributed by atoms with Crippen LogP contribution in [0.3, 0.4) is 0 Å². The lowest BCUT2D eigenvalue weighted by Gasteiger charge is -2.14. The van der Waals surface area contributed by atoms with Gasteiger partial charge in [0, 0.05) is 30.1 Å². The lowest BCUT2D eigenvalue weighted by molar-refractivity contribution is -0.117. The number of aryl methyl sites for hydroxylation is 1. The van der Waals surface area contributed by atoms with Crippen molar-refractivity contribution in [1.82, 2.24) is 15.4 Å². The molecule has 0 spiro atoms. The summed E-state index contributed by atoms with van der Waals surface area (Å²) in [6.07, 6.45) is 3.85. The Morgan fingerprint density at radius 1 is 1.28 bits per heavy atom. The van der Waals surface area contributed by atoms with Gasteiger partial charge in [-0.15, -0.1) is 0 Å². The van der Waals surface area contributed by atoms with Crippen LogP contribution in [-0.2, 0) is 16.1 Å². The third-order valence-corrected chi connectivity index (χ3v) is 5.01. The Balaban J connectivity index is 1.69. The van der Waals surface area contributed by atoms with Crippen LogP contribution in [0, 0.1) is 25.2 Å². The second-order valence-electron chi connectivity index (χ2n) is 7.02. The Labute approximate surface area is 169 Å². The molecule has 2 N–H and O–H groups in total. The number of hydrogen-bond acceptors (Lipinski definition) is 4. The predicted octanol–water partition coefficient (Wildman–Crippen LogP) is 2.65. The highest BCUT2D eigenvalue weighted by atomic mass is 16.5. The lowest BCUT2D eigenvalue weighted by atomic mass is 10.1. The van der Waals surface area contributed by atoms with Crippen molar-refractivity contribution in [3.8, 4) is 6.07 Å². The average Bonchev–Trinajstić information content (AvgIpc) is 3.34. The highest BCUT2D eigenvalue weighted by molar-refractivity contribution is 6.03. The summed E-state index contributed by atoms with van der Waals surface area (Å²) in [5, 5.41) is 9.42. The minimum atomic E-state index is -0.666. The van der Waals surface area contributed by atoms with Gasteiger partial charge in [-0.1, -0.05) is 18.2 Å². The standard InChI is InChI=1S/C22H24N4O3/c1-15-11-18(16(2)26(15)14-20-9-6-10-29-20)12-19(13-23)22(28)25-24-21(27)17-7-4-3-5-8-17/h3-5,7-8,11-12,20H,6,9-10,14H2,1-2H3,(H,24,27)(H,25,28)/b19-12+. The number of carbonyl (C=O) groups excluding carboxylic acids is 2. The van der Waals surface area contributed by atoms with E-state index in [1.165, 1.54) is 0 Å². The Morgan fingerprint density at radius 2 is 2.03 bits per heavy atom. The average molecular weight is 392 g/mol. The fourth-order valence-corrected chi connectivity index (χ4v) is 3.39. The minimum Gasteiger partial charge on any atom is -0.376 e. The molecule has 0 aliphatic carbocycles. The molecule has 1 aliphatic heterocycles. The first-order valence-electron chi connectivity index (χ1n) is 9.55. The SMILES string of the molecule is Cc1cc(/C=C(\C#N)C(=O)NNC(=O)c2ccccc2)c(C)n1CC1CCCO1. The number of nitrogens with zero attached hydrogens (tertiary/aromatic N) is 2. The van der Waals surface area contributed by atoms with Gasteiger partial charge in [-0.25, -0.2) is 0 Å². The van der Waals surface area contributed by atoms with Gasteiger partial charge < -0.3 is 9.30 Å². The van der Waals surface area contributed by atoms with Crippen LogP contribution < -0.4 is 10.9 Å². The summed E-state index contributed by atoms with van der Waals surface area (Å²) >= 11 is 0. The van der Waals surface area contributed by atoms with Gasteiger partial charge in [0.2, 0.25) is 0 Å². The molecule has 0 saturated carbocycles. The van der Waals surface area contributed by atoms with Gasteiger partial charge in [0.15, 0.2) is 0 Å². The molecule has 2 heterocycles. The summed E-state index contributed by atoms with van der Waals surface area (Å²) in [4.78, 5) is 24.4. The molecular weight excluding hydrogens is 368 g/mol. The monoisotopic (exact) mass is 392 g/mol. The van der Waals surface area contributed by atoms with Gasteiger partial charge in [-0.2, -0.15) is 5.26 Å². The highest BCUT2D eigenvalue weighted by Gasteiger charge is 2.19. The maximum atomic E-state index is 12.4. The van der Waals surface area contributed by atoms with Crippen molar-refractivity contribution in [2.24, 2.45) is 0 Å². The molecule has 1 fully saturated rings. The first kappa shape index (κ1) is 20.4. The molecule has 1 atom stereocenters. The molecule has 29 heavy (non-hydrogen) atoms. The van der Waals surface area contributed by atoms with E-state index in [2.05, 4.69) is 15.4 Å². The Bertz CT molecular complexity index is 964. The first-order chi connectivity index (χ1) is 14.0. The summed E-state index contributed by atoms with van der Waals surface area (Å²) in [5.74, 6) is -1.12. The number of amides is 2. The first-order valence-corrected chi connectivity index (χ1v) is 9.55. The van der Waals surface area contributed by atoms with E-state index in [1.54, 1.807) is 36.4 Å². The van der Waals surface area contributed by atoms with Crippen molar-refractivity contribution >= 4 is 17.9 Å². The summed E-state index contributed by atoms with van der Waals surface area (Å²) in [6, 6.07) is 12.4. The van der Waals surface area contributed by atoms with E-state index in [1.807, 2.05) is 26.0 Å². The molecule has 7 nitrogen and oxygen atoms in total. The fourth-order valence-electron chi connectivity index (χ4n) is 3.39. The Morgan fingerprint density at radius 3 is 2.69 bits per heavy atom. The normalized spacial score (nSPS) is 16.3. The van der Waals surface area contributed by atoms with Crippen LogP contribution in [-0.4, -0.2) is 29.1 Å². The number of benzene rings is 1. The van der Waals surface area contributed by atoms with Gasteiger partial charge in [-0.3, -0.25) is 20.4 Å². The molecule has 150 valence electrons. The number of rotatable bonds is 5. The zero-order chi connectivity index (χ0) is 20.8. The smallest absolute Gasteiger partial charge is 0.280 e. The van der Waals surface area contributed by atoms with E-state index in [9.17, 15) is 14.9 Å². The van der Waals surface area contributed by atoms with E-state index in [-0.39, 0.29) is 11.7 Å². The van der Waals surface area contributed by atoms with Crippen molar-refractivity contribution in [3.05, 3.63) is 64.5 Å². The van der Waals surface area contributed by atoms with E-state index in [0.717, 1.165) is 42.9 Å². The number of hydrogen-bond donors (Lipinski definition) is 2. The molecule has 7 heteroatoms. The molecule has 1 unspecified atom stereocenters. The Kier molecular flexibility index (Phi) is 6.47. The van der Waals surface area contributed by atoms with Gasteiger partial charge >= 0.3 is 0 Å². The van der Waals surface area contributed by atoms with Gasteiger partial charge in [0.05, 0.1) is 6.10 Å². The van der Waals surface area contributed by atoms with Crippen LogP contribution in [0.1, 0.15) is 40.2 Å². The Hall–Kier alpha value is -3.37. The molecule has 1 aromatic carbocycles. The number of aromatic nitrogens is 1. The number of hydrazine groups is 1. The van der Waals surface area contributed by atoms with Gasteiger partial charge in [-0.05, 0) is 56.5 Å². The van der Waals surface area contributed by atoms with E-state index in [4.69, 9.17) is 4.74 Å². The number of nitriles is 1. The summed E-state index contributed by atoms with van der Waals surface area (Å²) in [6.45, 7) is 5.50. The van der Waals surface area contributed by atoms with Crippen LogP contribution in [0.15, 0.2) is 42.0 Å². The molecule has 1 aliphatic rings. The molecule has 2 aromatic rings. The van der Waals surface area contributed by atoms with Gasteiger partial charge in [0.1, 0.15) is 11.6 Å². The van der Waals surface area contributed by atoms with Crippen LogP contribution in [0.2, 0.25) is 0 Å². The van der Waals surface area contributed by atoms with E-state index in [0.29, 0.717) is 5.56 Å². The second kappa shape index (κ2) is 9.22. The topological polar surface area (TPSA) is 96.2 Å². The minimum absolute atomic E-state index is 0.0873. The molecule has 1 aromatic heterocycles. The van der Waals surface area contributed by atoms with Crippen molar-refractivity contribution < 1.29 is 14.3 Å². The van der Waals surface area contributed by atoms with Crippen LogP contribution in [0.5, 0.6) is 0 Å².